The van der Waals surface area contributed by atoms with Crippen LogP contribution in [0, 0.1) is 12.7 Å². The average Bonchev–Trinajstić information content (AvgIpc) is 2.94. The van der Waals surface area contributed by atoms with Gasteiger partial charge in [-0.05, 0) is 37.1 Å². The van der Waals surface area contributed by atoms with Crippen molar-refractivity contribution in [3.05, 3.63) is 69.9 Å². The molecule has 1 aliphatic heterocycles. The number of aliphatic hydroxyl groups excluding tert-OH is 1. The van der Waals surface area contributed by atoms with E-state index in [2.05, 4.69) is 0 Å². The molecule has 1 N–H and O–H groups in total. The molecule has 2 atom stereocenters. The van der Waals surface area contributed by atoms with E-state index in [-0.39, 0.29) is 36.4 Å². The number of nitrogens with zero attached hydrogens (tertiary/aromatic N) is 2. The Morgan fingerprint density at radius 2 is 2.12 bits per heavy atom. The van der Waals surface area contributed by atoms with Gasteiger partial charge < -0.3 is 14.6 Å². The average molecular weight is 330 g/mol. The van der Waals surface area contributed by atoms with Crippen LogP contribution in [0.5, 0.6) is 0 Å². The van der Waals surface area contributed by atoms with Crippen molar-refractivity contribution < 1.29 is 14.3 Å². The summed E-state index contributed by atoms with van der Waals surface area (Å²) < 4.78 is 14.8. The number of β-amino-alcohol motifs (C(OH)–C–C–N with tert-alkyl or cyclic N) is 1. The number of halogens is 1. The second-order valence-electron chi connectivity index (χ2n) is 6.13. The molecule has 5 nitrogen and oxygen atoms in total. The summed E-state index contributed by atoms with van der Waals surface area (Å²) in [7, 11) is 0. The highest BCUT2D eigenvalue weighted by molar-refractivity contribution is 5.77. The fourth-order valence-electron chi connectivity index (χ4n) is 3.14. The number of carbonyl (C=O) groups is 1. The number of likely N-dealkylation sites (tertiary alicyclic amines) is 1. The van der Waals surface area contributed by atoms with Gasteiger partial charge >= 0.3 is 0 Å². The molecule has 126 valence electrons. The molecule has 6 heteroatoms. The molecule has 1 saturated heterocycles. The molecule has 1 aromatic carbocycles. The minimum Gasteiger partial charge on any atom is -0.391 e. The number of aryl methyl sites for hydroxylation is 1. The standard InChI is InChI=1S/C18H19FN2O3/c1-12-4-3-7-20(18(12)24)11-17(23)21-10-15(22)9-16(21)13-5-2-6-14(19)8-13/h2-8,15-16,22H,9-11H2,1H3/t15-,16+/m1/s1. The second kappa shape index (κ2) is 6.57. The SMILES string of the molecule is Cc1cccn(CC(=O)N2C[C@H](O)C[C@H]2c2cccc(F)c2)c1=O. The molecule has 3 rings (SSSR count). The lowest BCUT2D eigenvalue weighted by molar-refractivity contribution is -0.133. The van der Waals surface area contributed by atoms with Crippen LogP contribution >= 0.6 is 0 Å². The Hall–Kier alpha value is -2.47. The van der Waals surface area contributed by atoms with Gasteiger partial charge in [0.25, 0.3) is 5.56 Å². The van der Waals surface area contributed by atoms with E-state index in [4.69, 9.17) is 0 Å². The van der Waals surface area contributed by atoms with Gasteiger partial charge in [0.1, 0.15) is 12.4 Å². The maximum Gasteiger partial charge on any atom is 0.253 e. The summed E-state index contributed by atoms with van der Waals surface area (Å²) in [6.45, 7) is 1.78. The molecule has 0 aliphatic carbocycles. The van der Waals surface area contributed by atoms with Crippen LogP contribution in [0.1, 0.15) is 23.6 Å². The number of pyridine rings is 1. The zero-order valence-corrected chi connectivity index (χ0v) is 13.4. The van der Waals surface area contributed by atoms with Crippen LogP contribution in [-0.2, 0) is 11.3 Å². The van der Waals surface area contributed by atoms with Crippen molar-refractivity contribution in [1.29, 1.82) is 0 Å². The van der Waals surface area contributed by atoms with E-state index < -0.39 is 6.10 Å². The van der Waals surface area contributed by atoms with Crippen molar-refractivity contribution in [2.45, 2.75) is 32.0 Å². The summed E-state index contributed by atoms with van der Waals surface area (Å²) in [6, 6.07) is 9.07. The number of benzene rings is 1. The Labute approximate surface area is 139 Å². The van der Waals surface area contributed by atoms with Crippen LogP contribution < -0.4 is 5.56 Å². The predicted molar refractivity (Wildman–Crippen MR) is 86.9 cm³/mol. The summed E-state index contributed by atoms with van der Waals surface area (Å²) in [4.78, 5) is 26.2. The molecule has 0 bridgehead atoms. The molecule has 1 aromatic heterocycles. The van der Waals surface area contributed by atoms with Gasteiger partial charge in [0, 0.05) is 18.3 Å². The van der Waals surface area contributed by atoms with Crippen LogP contribution in [0.25, 0.3) is 0 Å². The molecule has 1 aliphatic rings. The van der Waals surface area contributed by atoms with E-state index >= 15 is 0 Å². The Morgan fingerprint density at radius 1 is 1.33 bits per heavy atom. The number of carbonyl (C=O) groups excluding carboxylic acids is 1. The van der Waals surface area contributed by atoms with Crippen LogP contribution in [0.15, 0.2) is 47.4 Å². The maximum atomic E-state index is 13.5. The first-order valence-corrected chi connectivity index (χ1v) is 7.85. The molecule has 24 heavy (non-hydrogen) atoms. The van der Waals surface area contributed by atoms with Crippen LogP contribution in [0.3, 0.4) is 0 Å². The second-order valence-corrected chi connectivity index (χ2v) is 6.13. The van der Waals surface area contributed by atoms with Gasteiger partial charge in [0.15, 0.2) is 0 Å². The summed E-state index contributed by atoms with van der Waals surface area (Å²) in [5.41, 5.74) is 0.998. The van der Waals surface area contributed by atoms with Gasteiger partial charge in [-0.15, -0.1) is 0 Å². The maximum absolute atomic E-state index is 13.5. The Morgan fingerprint density at radius 3 is 2.88 bits per heavy atom. The van der Waals surface area contributed by atoms with Crippen molar-refractivity contribution >= 4 is 5.91 Å². The Bertz CT molecular complexity index is 818. The van der Waals surface area contributed by atoms with Crippen LogP contribution in [-0.4, -0.2) is 33.1 Å². The van der Waals surface area contributed by atoms with Gasteiger partial charge in [0.05, 0.1) is 12.1 Å². The molecular weight excluding hydrogens is 311 g/mol. The third-order valence-electron chi connectivity index (χ3n) is 4.35. The molecule has 1 amide bonds. The zero-order chi connectivity index (χ0) is 17.3. The first-order chi connectivity index (χ1) is 11.5. The van der Waals surface area contributed by atoms with E-state index in [0.29, 0.717) is 17.5 Å². The van der Waals surface area contributed by atoms with Crippen molar-refractivity contribution in [2.75, 3.05) is 6.54 Å². The number of aliphatic hydroxyl groups is 1. The highest BCUT2D eigenvalue weighted by Gasteiger charge is 2.35. The number of hydrogen-bond acceptors (Lipinski definition) is 3. The lowest BCUT2D eigenvalue weighted by Gasteiger charge is -2.25. The van der Waals surface area contributed by atoms with Crippen LogP contribution in [0.4, 0.5) is 4.39 Å². The van der Waals surface area contributed by atoms with E-state index in [0.717, 1.165) is 0 Å². The van der Waals surface area contributed by atoms with Crippen molar-refractivity contribution in [3.63, 3.8) is 0 Å². The van der Waals surface area contributed by atoms with Gasteiger partial charge in [-0.3, -0.25) is 9.59 Å². The first kappa shape index (κ1) is 16.4. The van der Waals surface area contributed by atoms with Gasteiger partial charge in [-0.25, -0.2) is 4.39 Å². The fourth-order valence-corrected chi connectivity index (χ4v) is 3.14. The van der Waals surface area contributed by atoms with Gasteiger partial charge in [-0.2, -0.15) is 0 Å². The van der Waals surface area contributed by atoms with E-state index in [1.807, 2.05) is 0 Å². The predicted octanol–water partition coefficient (Wildman–Crippen LogP) is 1.63. The highest BCUT2D eigenvalue weighted by atomic mass is 19.1. The summed E-state index contributed by atoms with van der Waals surface area (Å²) >= 11 is 0. The lowest BCUT2D eigenvalue weighted by Crippen LogP contribution is -2.37. The van der Waals surface area contributed by atoms with Crippen molar-refractivity contribution in [2.24, 2.45) is 0 Å². The Kier molecular flexibility index (Phi) is 4.49. The van der Waals surface area contributed by atoms with Crippen LogP contribution in [0.2, 0.25) is 0 Å². The number of hydrogen-bond donors (Lipinski definition) is 1. The topological polar surface area (TPSA) is 62.5 Å². The lowest BCUT2D eigenvalue weighted by atomic mass is 10.0. The number of aromatic nitrogens is 1. The molecular formula is C18H19FN2O3. The molecule has 1 fully saturated rings. The normalized spacial score (nSPS) is 20.4. The van der Waals surface area contributed by atoms with Gasteiger partial charge in [0.2, 0.25) is 5.91 Å². The van der Waals surface area contributed by atoms with Crippen molar-refractivity contribution in [1.82, 2.24) is 9.47 Å². The van der Waals surface area contributed by atoms with Crippen molar-refractivity contribution in [3.8, 4) is 0 Å². The minimum atomic E-state index is -0.656. The van der Waals surface area contributed by atoms with E-state index in [1.54, 1.807) is 37.4 Å². The molecule has 0 spiro atoms. The molecule has 0 radical (unpaired) electrons. The van der Waals surface area contributed by atoms with E-state index in [9.17, 15) is 19.1 Å². The summed E-state index contributed by atoms with van der Waals surface area (Å²) in [5, 5.41) is 9.96. The largest absolute Gasteiger partial charge is 0.391 e. The minimum absolute atomic E-state index is 0.0982. The molecule has 0 unspecified atom stereocenters. The smallest absolute Gasteiger partial charge is 0.253 e. The van der Waals surface area contributed by atoms with Gasteiger partial charge in [-0.1, -0.05) is 18.2 Å². The third kappa shape index (κ3) is 3.23. The number of amides is 1. The third-order valence-corrected chi connectivity index (χ3v) is 4.35. The fraction of sp³-hybridized carbons (Fsp3) is 0.333. The summed E-state index contributed by atoms with van der Waals surface area (Å²) in [6.07, 6.45) is 1.27. The number of rotatable bonds is 3. The monoisotopic (exact) mass is 330 g/mol. The zero-order valence-electron chi connectivity index (χ0n) is 13.4. The molecule has 0 saturated carbocycles. The highest BCUT2D eigenvalue weighted by Crippen LogP contribution is 2.32. The van der Waals surface area contributed by atoms with E-state index in [1.165, 1.54) is 21.6 Å². The molecule has 2 aromatic rings. The summed E-state index contributed by atoms with van der Waals surface area (Å²) in [5.74, 6) is -0.648. The molecule has 2 heterocycles. The first-order valence-electron chi connectivity index (χ1n) is 7.85. The Balaban J connectivity index is 1.84. The quantitative estimate of drug-likeness (QED) is 0.930.